The molecule has 160 valence electrons. The average molecular weight is 436 g/mol. The number of carbonyl (C=O) groups excluding carboxylic acids is 1. The van der Waals surface area contributed by atoms with E-state index < -0.39 is 0 Å². The van der Waals surface area contributed by atoms with Crippen molar-refractivity contribution in [2.75, 3.05) is 18.2 Å². The van der Waals surface area contributed by atoms with Gasteiger partial charge in [0.2, 0.25) is 5.91 Å². The SMILES string of the molecule is COc1ccc(-c2nc3c(c(SCC(=O)Nc4ccccc4)n2)COC(C)(C)C3)cc1. The number of amides is 1. The van der Waals surface area contributed by atoms with Crippen molar-refractivity contribution in [1.29, 1.82) is 0 Å². The van der Waals surface area contributed by atoms with E-state index in [2.05, 4.69) is 19.2 Å². The van der Waals surface area contributed by atoms with E-state index in [1.54, 1.807) is 7.11 Å². The summed E-state index contributed by atoms with van der Waals surface area (Å²) in [6.45, 7) is 4.56. The van der Waals surface area contributed by atoms with Crippen LogP contribution in [0, 0.1) is 0 Å². The summed E-state index contributed by atoms with van der Waals surface area (Å²) in [7, 11) is 1.64. The van der Waals surface area contributed by atoms with Gasteiger partial charge >= 0.3 is 0 Å². The number of para-hydroxylation sites is 1. The first-order valence-electron chi connectivity index (χ1n) is 10.1. The van der Waals surface area contributed by atoms with Gasteiger partial charge in [-0.15, -0.1) is 0 Å². The Morgan fingerprint density at radius 3 is 2.58 bits per heavy atom. The summed E-state index contributed by atoms with van der Waals surface area (Å²) >= 11 is 1.41. The number of methoxy groups -OCH3 is 1. The quantitative estimate of drug-likeness (QED) is 0.446. The third-order valence-electron chi connectivity index (χ3n) is 5.00. The molecule has 2 aromatic carbocycles. The van der Waals surface area contributed by atoms with Gasteiger partial charge in [0, 0.05) is 23.2 Å². The van der Waals surface area contributed by atoms with Gasteiger partial charge in [0.05, 0.1) is 30.8 Å². The van der Waals surface area contributed by atoms with Crippen LogP contribution in [0.4, 0.5) is 5.69 Å². The van der Waals surface area contributed by atoms with Crippen molar-refractivity contribution in [2.24, 2.45) is 0 Å². The molecular formula is C24H25N3O3S. The number of nitrogens with one attached hydrogen (secondary N) is 1. The van der Waals surface area contributed by atoms with Crippen molar-refractivity contribution in [3.8, 4) is 17.1 Å². The molecule has 0 atom stereocenters. The zero-order valence-corrected chi connectivity index (χ0v) is 18.7. The molecule has 6 nitrogen and oxygen atoms in total. The fourth-order valence-corrected chi connectivity index (χ4v) is 4.20. The molecule has 0 bridgehead atoms. The highest BCUT2D eigenvalue weighted by atomic mass is 32.2. The molecule has 0 aliphatic carbocycles. The van der Waals surface area contributed by atoms with E-state index in [0.717, 1.165) is 33.3 Å². The van der Waals surface area contributed by atoms with Gasteiger partial charge in [-0.3, -0.25) is 4.79 Å². The molecule has 2 heterocycles. The number of anilines is 1. The second-order valence-electron chi connectivity index (χ2n) is 7.93. The van der Waals surface area contributed by atoms with Crippen LogP contribution in [0.15, 0.2) is 59.6 Å². The molecule has 0 radical (unpaired) electrons. The molecule has 0 saturated heterocycles. The van der Waals surface area contributed by atoms with Gasteiger partial charge in [0.15, 0.2) is 5.82 Å². The van der Waals surface area contributed by atoms with Crippen LogP contribution in [0.5, 0.6) is 5.75 Å². The number of thioether (sulfide) groups is 1. The van der Waals surface area contributed by atoms with Crippen LogP contribution in [-0.2, 0) is 22.6 Å². The van der Waals surface area contributed by atoms with Crippen LogP contribution < -0.4 is 10.1 Å². The van der Waals surface area contributed by atoms with E-state index in [0.29, 0.717) is 18.9 Å². The zero-order valence-electron chi connectivity index (χ0n) is 17.8. The van der Waals surface area contributed by atoms with Crippen LogP contribution in [0.1, 0.15) is 25.1 Å². The van der Waals surface area contributed by atoms with Crippen LogP contribution in [0.3, 0.4) is 0 Å². The minimum absolute atomic E-state index is 0.0772. The molecular weight excluding hydrogens is 410 g/mol. The smallest absolute Gasteiger partial charge is 0.234 e. The van der Waals surface area contributed by atoms with Crippen LogP contribution >= 0.6 is 11.8 Å². The number of hydrogen-bond acceptors (Lipinski definition) is 6. The Morgan fingerprint density at radius 1 is 1.13 bits per heavy atom. The fourth-order valence-electron chi connectivity index (χ4n) is 3.36. The number of rotatable bonds is 6. The molecule has 1 N–H and O–H groups in total. The Bertz CT molecular complexity index is 1070. The number of ether oxygens (including phenoxy) is 2. The first-order valence-corrected chi connectivity index (χ1v) is 11.1. The Balaban J connectivity index is 1.60. The third kappa shape index (κ3) is 5.24. The van der Waals surface area contributed by atoms with Gasteiger partial charge in [-0.1, -0.05) is 30.0 Å². The standard InChI is InChI=1S/C24H25N3O3S/c1-24(2)13-20-19(14-30-24)23(31-15-21(28)25-17-7-5-4-6-8-17)27-22(26-20)16-9-11-18(29-3)12-10-16/h4-12H,13-15H2,1-3H3,(H,25,28). The summed E-state index contributed by atoms with van der Waals surface area (Å²) in [4.78, 5) is 22.1. The predicted molar refractivity (Wildman–Crippen MR) is 122 cm³/mol. The molecule has 0 saturated carbocycles. The first-order chi connectivity index (χ1) is 14.9. The minimum Gasteiger partial charge on any atom is -0.497 e. The maximum atomic E-state index is 12.5. The number of aromatic nitrogens is 2. The Hall–Kier alpha value is -2.90. The number of hydrogen-bond donors (Lipinski definition) is 1. The molecule has 7 heteroatoms. The number of benzene rings is 2. The molecule has 4 rings (SSSR count). The van der Waals surface area contributed by atoms with Gasteiger partial charge < -0.3 is 14.8 Å². The highest BCUT2D eigenvalue weighted by molar-refractivity contribution is 8.00. The summed E-state index contributed by atoms with van der Waals surface area (Å²) in [5.74, 6) is 1.60. The van der Waals surface area contributed by atoms with E-state index in [9.17, 15) is 4.79 Å². The largest absolute Gasteiger partial charge is 0.497 e. The van der Waals surface area contributed by atoms with Crippen LogP contribution in [-0.4, -0.2) is 34.3 Å². The van der Waals surface area contributed by atoms with E-state index in [4.69, 9.17) is 19.4 Å². The molecule has 1 aliphatic heterocycles. The van der Waals surface area contributed by atoms with Crippen molar-refractivity contribution in [3.63, 3.8) is 0 Å². The van der Waals surface area contributed by atoms with Gasteiger partial charge in [-0.05, 0) is 50.2 Å². The van der Waals surface area contributed by atoms with Crippen LogP contribution in [0.25, 0.3) is 11.4 Å². The van der Waals surface area contributed by atoms with Gasteiger partial charge in [0.1, 0.15) is 10.8 Å². The normalized spacial score (nSPS) is 14.5. The average Bonchev–Trinajstić information content (AvgIpc) is 2.77. The highest BCUT2D eigenvalue weighted by Gasteiger charge is 2.30. The lowest BCUT2D eigenvalue weighted by Crippen LogP contribution is -2.33. The molecule has 0 spiro atoms. The molecule has 0 fully saturated rings. The summed E-state index contributed by atoms with van der Waals surface area (Å²) in [6, 6.07) is 17.1. The number of nitrogens with zero attached hydrogens (tertiary/aromatic N) is 2. The monoisotopic (exact) mass is 435 g/mol. The lowest BCUT2D eigenvalue weighted by Gasteiger charge is -2.32. The van der Waals surface area contributed by atoms with E-state index in [1.165, 1.54) is 11.8 Å². The van der Waals surface area contributed by atoms with Gasteiger partial charge in [-0.25, -0.2) is 9.97 Å². The van der Waals surface area contributed by atoms with Crippen molar-refractivity contribution < 1.29 is 14.3 Å². The molecule has 1 aromatic heterocycles. The second-order valence-corrected chi connectivity index (χ2v) is 8.90. The molecule has 1 amide bonds. The van der Waals surface area contributed by atoms with E-state index in [-0.39, 0.29) is 17.3 Å². The summed E-state index contributed by atoms with van der Waals surface area (Å²) in [6.07, 6.45) is 0.692. The fraction of sp³-hybridized carbons (Fsp3) is 0.292. The molecule has 1 aliphatic rings. The van der Waals surface area contributed by atoms with Gasteiger partial charge in [0.25, 0.3) is 0 Å². The maximum Gasteiger partial charge on any atom is 0.234 e. The Kier molecular flexibility index (Phi) is 6.25. The van der Waals surface area contributed by atoms with E-state index >= 15 is 0 Å². The van der Waals surface area contributed by atoms with Crippen molar-refractivity contribution >= 4 is 23.4 Å². The Morgan fingerprint density at radius 2 is 1.87 bits per heavy atom. The molecule has 31 heavy (non-hydrogen) atoms. The Labute approximate surface area is 186 Å². The first kappa shape index (κ1) is 21.3. The van der Waals surface area contributed by atoms with Crippen LogP contribution in [0.2, 0.25) is 0 Å². The third-order valence-corrected chi connectivity index (χ3v) is 6.02. The predicted octanol–water partition coefficient (Wildman–Crippen LogP) is 4.73. The highest BCUT2D eigenvalue weighted by Crippen LogP contribution is 2.34. The number of carbonyl (C=O) groups is 1. The minimum atomic E-state index is -0.287. The zero-order chi connectivity index (χ0) is 21.8. The summed E-state index contributed by atoms with van der Waals surface area (Å²) in [5.41, 5.74) is 3.34. The lowest BCUT2D eigenvalue weighted by molar-refractivity contribution is -0.113. The topological polar surface area (TPSA) is 73.3 Å². The van der Waals surface area contributed by atoms with Crippen molar-refractivity contribution in [2.45, 2.75) is 37.5 Å². The van der Waals surface area contributed by atoms with Crippen molar-refractivity contribution in [1.82, 2.24) is 9.97 Å². The summed E-state index contributed by atoms with van der Waals surface area (Å²) in [5, 5.41) is 3.70. The summed E-state index contributed by atoms with van der Waals surface area (Å²) < 4.78 is 11.3. The van der Waals surface area contributed by atoms with Crippen molar-refractivity contribution in [3.05, 3.63) is 65.9 Å². The lowest BCUT2D eigenvalue weighted by atomic mass is 9.96. The molecule has 3 aromatic rings. The van der Waals surface area contributed by atoms with E-state index in [1.807, 2.05) is 54.6 Å². The molecule has 0 unspecified atom stereocenters. The number of fused-ring (bicyclic) bond motifs is 1. The second kappa shape index (κ2) is 9.08. The van der Waals surface area contributed by atoms with Gasteiger partial charge in [-0.2, -0.15) is 0 Å². The maximum absolute atomic E-state index is 12.5.